The number of benzene rings is 2. The highest BCUT2D eigenvalue weighted by Crippen LogP contribution is 2.32. The summed E-state index contributed by atoms with van der Waals surface area (Å²) in [5, 5.41) is 0.974. The van der Waals surface area contributed by atoms with Gasteiger partial charge in [-0.15, -0.1) is 0 Å². The molecule has 1 saturated heterocycles. The lowest BCUT2D eigenvalue weighted by Crippen LogP contribution is -2.36. The van der Waals surface area contributed by atoms with Crippen LogP contribution < -0.4 is 9.80 Å². The fourth-order valence-corrected chi connectivity index (χ4v) is 4.40. The number of aromatic nitrogens is 2. The quantitative estimate of drug-likeness (QED) is 0.562. The summed E-state index contributed by atoms with van der Waals surface area (Å²) < 4.78 is 25.1. The van der Waals surface area contributed by atoms with E-state index in [9.17, 15) is 4.39 Å². The molecular formula is C22H21FN4O2. The van der Waals surface area contributed by atoms with Gasteiger partial charge in [-0.25, -0.2) is 4.39 Å². The van der Waals surface area contributed by atoms with Gasteiger partial charge in [-0.2, -0.15) is 4.98 Å². The van der Waals surface area contributed by atoms with E-state index in [0.29, 0.717) is 19.2 Å². The fraction of sp³-hybridized carbons (Fsp3) is 0.318. The molecule has 148 valence electrons. The maximum atomic E-state index is 13.8. The number of morpholine rings is 1. The number of H-pyrrole nitrogens is 1. The topological polar surface area (TPSA) is 57.5 Å². The van der Waals surface area contributed by atoms with Crippen LogP contribution in [0.3, 0.4) is 0 Å². The van der Waals surface area contributed by atoms with Crippen molar-refractivity contribution in [2.24, 2.45) is 0 Å². The summed E-state index contributed by atoms with van der Waals surface area (Å²) in [7, 11) is 0. The molecule has 0 aliphatic carbocycles. The van der Waals surface area contributed by atoms with Crippen LogP contribution >= 0.6 is 0 Å². The minimum absolute atomic E-state index is 0.198. The molecule has 0 atom stereocenters. The maximum Gasteiger partial charge on any atom is 0.298 e. The lowest BCUT2D eigenvalue weighted by molar-refractivity contribution is 0.120. The minimum Gasteiger partial charge on any atom is -0.423 e. The number of oxazole rings is 1. The predicted octanol–water partition coefficient (Wildman–Crippen LogP) is 3.85. The third-order valence-electron chi connectivity index (χ3n) is 5.94. The number of aromatic amines is 1. The number of rotatable bonds is 2. The third-order valence-corrected chi connectivity index (χ3v) is 5.94. The van der Waals surface area contributed by atoms with Crippen molar-refractivity contribution >= 4 is 33.7 Å². The van der Waals surface area contributed by atoms with E-state index in [-0.39, 0.29) is 5.82 Å². The molecule has 2 aromatic carbocycles. The van der Waals surface area contributed by atoms with Crippen LogP contribution in [0.1, 0.15) is 11.3 Å². The second-order valence-electron chi connectivity index (χ2n) is 7.69. The highest BCUT2D eigenvalue weighted by atomic mass is 19.1. The van der Waals surface area contributed by atoms with Gasteiger partial charge in [-0.3, -0.25) is 0 Å². The minimum atomic E-state index is -0.198. The Morgan fingerprint density at radius 1 is 1.00 bits per heavy atom. The molecule has 7 heteroatoms. The smallest absolute Gasteiger partial charge is 0.298 e. The average molecular weight is 392 g/mol. The van der Waals surface area contributed by atoms with Crippen molar-refractivity contribution in [1.29, 1.82) is 0 Å². The Balaban J connectivity index is 1.32. The van der Waals surface area contributed by atoms with Gasteiger partial charge in [0.15, 0.2) is 5.58 Å². The van der Waals surface area contributed by atoms with Crippen LogP contribution in [-0.2, 0) is 17.7 Å². The zero-order valence-electron chi connectivity index (χ0n) is 15.9. The van der Waals surface area contributed by atoms with Crippen LogP contribution in [-0.4, -0.2) is 42.8 Å². The Bertz CT molecular complexity index is 1210. The van der Waals surface area contributed by atoms with Crippen molar-refractivity contribution in [2.75, 3.05) is 42.6 Å². The maximum absolute atomic E-state index is 13.8. The van der Waals surface area contributed by atoms with Crippen LogP contribution in [0.4, 0.5) is 16.1 Å². The average Bonchev–Trinajstić information content (AvgIpc) is 3.34. The second-order valence-corrected chi connectivity index (χ2v) is 7.69. The summed E-state index contributed by atoms with van der Waals surface area (Å²) >= 11 is 0. The Morgan fingerprint density at radius 2 is 1.90 bits per heavy atom. The van der Waals surface area contributed by atoms with Crippen molar-refractivity contribution < 1.29 is 13.5 Å². The standard InChI is InChI=1S/C22H21FN4O2/c23-14-1-3-18-16(11-14)17-13-27(6-5-19(17)24-18)15-2-4-21-20(12-15)25-22(29-21)26-7-9-28-10-8-26/h1-4,11-12,24H,5-10,13H2. The fourth-order valence-electron chi connectivity index (χ4n) is 4.40. The van der Waals surface area contributed by atoms with Gasteiger partial charge in [0.1, 0.15) is 11.3 Å². The number of halogens is 1. The van der Waals surface area contributed by atoms with Gasteiger partial charge >= 0.3 is 0 Å². The van der Waals surface area contributed by atoms with Gasteiger partial charge in [-0.1, -0.05) is 0 Å². The highest BCUT2D eigenvalue weighted by molar-refractivity contribution is 5.86. The Morgan fingerprint density at radius 3 is 2.79 bits per heavy atom. The summed E-state index contributed by atoms with van der Waals surface area (Å²) in [6.45, 7) is 4.65. The molecule has 4 heterocycles. The van der Waals surface area contributed by atoms with Crippen molar-refractivity contribution in [3.05, 3.63) is 53.5 Å². The number of anilines is 2. The van der Waals surface area contributed by atoms with Crippen LogP contribution in [0.2, 0.25) is 0 Å². The SMILES string of the molecule is Fc1ccc2[nH]c3c(c2c1)CN(c1ccc2oc(N4CCOCC4)nc2c1)CC3. The van der Waals surface area contributed by atoms with E-state index >= 15 is 0 Å². The van der Waals surface area contributed by atoms with Crippen molar-refractivity contribution in [3.63, 3.8) is 0 Å². The van der Waals surface area contributed by atoms with Crippen LogP contribution in [0.15, 0.2) is 40.8 Å². The van der Waals surface area contributed by atoms with E-state index in [1.807, 2.05) is 12.1 Å². The van der Waals surface area contributed by atoms with Gasteiger partial charge in [0, 0.05) is 60.4 Å². The Labute approximate surface area is 166 Å². The van der Waals surface area contributed by atoms with Gasteiger partial charge in [0.25, 0.3) is 6.01 Å². The lowest BCUT2D eigenvalue weighted by atomic mass is 10.0. The molecule has 2 aliphatic heterocycles. The molecule has 4 aromatic rings. The zero-order valence-corrected chi connectivity index (χ0v) is 15.9. The molecule has 29 heavy (non-hydrogen) atoms. The third kappa shape index (κ3) is 2.84. The normalized spacial score (nSPS) is 17.3. The first-order chi connectivity index (χ1) is 14.2. The molecular weight excluding hydrogens is 371 g/mol. The first-order valence-corrected chi connectivity index (χ1v) is 10.0. The van der Waals surface area contributed by atoms with E-state index in [2.05, 4.69) is 26.9 Å². The number of hydrogen-bond acceptors (Lipinski definition) is 5. The first-order valence-electron chi connectivity index (χ1n) is 10.0. The molecule has 0 bridgehead atoms. The molecule has 0 spiro atoms. The molecule has 2 aromatic heterocycles. The van der Waals surface area contributed by atoms with Crippen molar-refractivity contribution in [3.8, 4) is 0 Å². The van der Waals surface area contributed by atoms with Gasteiger partial charge in [0.2, 0.25) is 0 Å². The number of nitrogens with one attached hydrogen (secondary N) is 1. The predicted molar refractivity (Wildman–Crippen MR) is 110 cm³/mol. The largest absolute Gasteiger partial charge is 0.423 e. The molecule has 1 fully saturated rings. The molecule has 2 aliphatic rings. The number of hydrogen-bond donors (Lipinski definition) is 1. The summed E-state index contributed by atoms with van der Waals surface area (Å²) in [6, 6.07) is 11.8. The molecule has 0 unspecified atom stereocenters. The molecule has 0 radical (unpaired) electrons. The number of fused-ring (bicyclic) bond motifs is 4. The Kier molecular flexibility index (Phi) is 3.77. The number of ether oxygens (including phenoxy) is 1. The van der Waals surface area contributed by atoms with Gasteiger partial charge in [-0.05, 0) is 36.4 Å². The molecule has 0 amide bonds. The monoisotopic (exact) mass is 392 g/mol. The van der Waals surface area contributed by atoms with Crippen molar-refractivity contribution in [1.82, 2.24) is 9.97 Å². The van der Waals surface area contributed by atoms with E-state index in [0.717, 1.165) is 60.3 Å². The molecule has 6 rings (SSSR count). The van der Waals surface area contributed by atoms with Crippen LogP contribution in [0.25, 0.3) is 22.0 Å². The first kappa shape index (κ1) is 16.9. The number of nitrogens with zero attached hydrogens (tertiary/aromatic N) is 3. The van der Waals surface area contributed by atoms with E-state index in [4.69, 9.17) is 14.1 Å². The van der Waals surface area contributed by atoms with E-state index in [1.165, 1.54) is 17.3 Å². The highest BCUT2D eigenvalue weighted by Gasteiger charge is 2.22. The lowest BCUT2D eigenvalue weighted by Gasteiger charge is -2.29. The molecule has 0 saturated carbocycles. The van der Waals surface area contributed by atoms with Gasteiger partial charge < -0.3 is 23.9 Å². The summed E-state index contributed by atoms with van der Waals surface area (Å²) in [6.07, 6.45) is 0.904. The van der Waals surface area contributed by atoms with E-state index in [1.54, 1.807) is 6.07 Å². The van der Waals surface area contributed by atoms with E-state index < -0.39 is 0 Å². The summed E-state index contributed by atoms with van der Waals surface area (Å²) in [4.78, 5) is 12.6. The summed E-state index contributed by atoms with van der Waals surface area (Å²) in [5.41, 5.74) is 6.15. The molecule has 6 nitrogen and oxygen atoms in total. The second kappa shape index (κ2) is 6.49. The van der Waals surface area contributed by atoms with Gasteiger partial charge in [0.05, 0.1) is 13.2 Å². The summed E-state index contributed by atoms with van der Waals surface area (Å²) in [5.74, 6) is -0.198. The Hall–Kier alpha value is -3.06. The van der Waals surface area contributed by atoms with Crippen LogP contribution in [0, 0.1) is 5.82 Å². The van der Waals surface area contributed by atoms with Crippen molar-refractivity contribution in [2.45, 2.75) is 13.0 Å². The van der Waals surface area contributed by atoms with Crippen LogP contribution in [0.5, 0.6) is 0 Å². The molecule has 1 N–H and O–H groups in total. The zero-order chi connectivity index (χ0) is 19.4.